The van der Waals surface area contributed by atoms with Crippen LogP contribution in [-0.2, 0) is 9.47 Å². The Morgan fingerprint density at radius 3 is 1.44 bits per heavy atom. The van der Waals surface area contributed by atoms with Crippen LogP contribution in [0.4, 0.5) is 0 Å². The van der Waals surface area contributed by atoms with Gasteiger partial charge >= 0.3 is 0 Å². The Hall–Kier alpha value is -3.02. The van der Waals surface area contributed by atoms with E-state index in [1.165, 1.54) is 0 Å². The molecule has 2 bridgehead atoms. The van der Waals surface area contributed by atoms with Crippen molar-refractivity contribution in [3.8, 4) is 11.5 Å². The van der Waals surface area contributed by atoms with Gasteiger partial charge in [-0.05, 0) is 70.8 Å². The minimum Gasteiger partial charge on any atom is -0.489 e. The molecule has 0 saturated heterocycles. The lowest BCUT2D eigenvalue weighted by Crippen LogP contribution is -2.07. The summed E-state index contributed by atoms with van der Waals surface area (Å²) in [6.07, 6.45) is 7.62. The van der Waals surface area contributed by atoms with E-state index in [9.17, 15) is 0 Å². The van der Waals surface area contributed by atoms with Crippen LogP contribution < -0.4 is 9.47 Å². The highest BCUT2D eigenvalue weighted by atomic mass is 35.5. The van der Waals surface area contributed by atoms with Crippen LogP contribution >= 0.6 is 23.2 Å². The first-order valence-electron chi connectivity index (χ1n) is 11.9. The van der Waals surface area contributed by atoms with Gasteiger partial charge in [0.15, 0.2) is 0 Å². The summed E-state index contributed by atoms with van der Waals surface area (Å²) in [4.78, 5) is 0. The van der Waals surface area contributed by atoms with Gasteiger partial charge in [0, 0.05) is 21.2 Å². The molecule has 36 heavy (non-hydrogen) atoms. The third-order valence-corrected chi connectivity index (χ3v) is 7.06. The molecule has 4 aliphatic rings. The number of fused-ring (bicyclic) bond motifs is 6. The maximum atomic E-state index is 6.37. The van der Waals surface area contributed by atoms with Crippen molar-refractivity contribution in [3.05, 3.63) is 117 Å². The first-order valence-corrected chi connectivity index (χ1v) is 12.7. The highest BCUT2D eigenvalue weighted by Crippen LogP contribution is 2.44. The highest BCUT2D eigenvalue weighted by Gasteiger charge is 2.29. The van der Waals surface area contributed by atoms with Crippen LogP contribution in [0.3, 0.4) is 0 Å². The Balaban J connectivity index is 1.42. The third-order valence-electron chi connectivity index (χ3n) is 6.59. The fraction of sp³-hybridized carbons (Fsp3) is 0.200. The standard InChI is InChI=1S/C30H24Cl2O4/c31-21-7-9-27-25(17-21)29-23(11-15-35-29)19-3-5-20(6-4-19)24-12-16-36-30(24)26-18-22(32)8-10-28(26)34-14-2-1-13-33-27/h1-12,17-18,29-30H,13-16H2/b2-1-. The largest absolute Gasteiger partial charge is 0.489 e. The molecule has 6 heteroatoms. The van der Waals surface area contributed by atoms with Gasteiger partial charge in [0.25, 0.3) is 0 Å². The van der Waals surface area contributed by atoms with Gasteiger partial charge in [-0.1, -0.05) is 59.6 Å². The number of halogens is 2. The van der Waals surface area contributed by atoms with E-state index in [2.05, 4.69) is 36.4 Å². The van der Waals surface area contributed by atoms with Crippen molar-refractivity contribution < 1.29 is 18.9 Å². The molecule has 0 radical (unpaired) electrons. The van der Waals surface area contributed by atoms with Gasteiger partial charge in [0.05, 0.1) is 13.2 Å². The summed E-state index contributed by atoms with van der Waals surface area (Å²) in [5, 5.41) is 1.29. The van der Waals surface area contributed by atoms with Crippen LogP contribution in [-0.4, -0.2) is 26.4 Å². The number of benzene rings is 3. The Morgan fingerprint density at radius 1 is 0.556 bits per heavy atom. The van der Waals surface area contributed by atoms with E-state index >= 15 is 0 Å². The molecule has 0 fully saturated rings. The molecule has 0 amide bonds. The van der Waals surface area contributed by atoms with Crippen molar-refractivity contribution in [2.24, 2.45) is 0 Å². The zero-order valence-electron chi connectivity index (χ0n) is 19.5. The molecule has 7 rings (SSSR count). The van der Waals surface area contributed by atoms with Crippen LogP contribution in [0, 0.1) is 0 Å². The Morgan fingerprint density at radius 2 is 1.00 bits per heavy atom. The molecule has 2 atom stereocenters. The fourth-order valence-corrected chi connectivity index (χ4v) is 5.25. The molecular weight excluding hydrogens is 495 g/mol. The van der Waals surface area contributed by atoms with Crippen molar-refractivity contribution in [1.82, 2.24) is 0 Å². The zero-order valence-corrected chi connectivity index (χ0v) is 21.0. The lowest BCUT2D eigenvalue weighted by Gasteiger charge is -2.21. The SMILES string of the molecule is Clc1ccc2c(c1)C1OCC=C1c1ccc(cc1)C1=CCOC1c1cc(Cl)ccc1OC/C=C\CO2. The molecule has 3 aromatic rings. The molecule has 2 unspecified atom stereocenters. The summed E-state index contributed by atoms with van der Waals surface area (Å²) in [6.45, 7) is 1.85. The lowest BCUT2D eigenvalue weighted by atomic mass is 9.91. The van der Waals surface area contributed by atoms with Crippen molar-refractivity contribution in [3.63, 3.8) is 0 Å². The maximum absolute atomic E-state index is 6.37. The molecule has 0 N–H and O–H groups in total. The molecule has 4 nitrogen and oxygen atoms in total. The van der Waals surface area contributed by atoms with E-state index in [1.54, 1.807) is 0 Å². The second-order valence-corrected chi connectivity index (χ2v) is 9.65. The van der Waals surface area contributed by atoms with E-state index in [1.807, 2.05) is 48.6 Å². The zero-order chi connectivity index (χ0) is 24.5. The van der Waals surface area contributed by atoms with Crippen LogP contribution in [0.1, 0.15) is 34.5 Å². The molecule has 0 aromatic heterocycles. The number of ether oxygens (including phenoxy) is 4. The summed E-state index contributed by atoms with van der Waals surface area (Å²) in [7, 11) is 0. The number of hydrogen-bond acceptors (Lipinski definition) is 4. The van der Waals surface area contributed by atoms with E-state index in [-0.39, 0.29) is 12.2 Å². The van der Waals surface area contributed by atoms with E-state index in [0.717, 1.165) is 44.9 Å². The Kier molecular flexibility index (Phi) is 6.60. The van der Waals surface area contributed by atoms with Crippen LogP contribution in [0.5, 0.6) is 11.5 Å². The molecule has 0 saturated carbocycles. The minimum atomic E-state index is -0.258. The summed E-state index contributed by atoms with van der Waals surface area (Å²) in [6, 6.07) is 19.8. The predicted molar refractivity (Wildman–Crippen MR) is 143 cm³/mol. The molecule has 4 aliphatic heterocycles. The first-order chi connectivity index (χ1) is 17.7. The van der Waals surface area contributed by atoms with Crippen LogP contribution in [0.2, 0.25) is 10.0 Å². The van der Waals surface area contributed by atoms with Gasteiger partial charge < -0.3 is 18.9 Å². The summed E-state index contributed by atoms with van der Waals surface area (Å²) in [5.74, 6) is 1.49. The number of rotatable bonds is 0. The highest BCUT2D eigenvalue weighted by molar-refractivity contribution is 6.31. The first kappa shape index (κ1) is 23.4. The molecule has 4 heterocycles. The normalized spacial score (nSPS) is 21.9. The Bertz CT molecular complexity index is 1270. The topological polar surface area (TPSA) is 36.9 Å². The Labute approximate surface area is 220 Å². The average Bonchev–Trinajstić information content (AvgIpc) is 3.57. The van der Waals surface area contributed by atoms with Crippen molar-refractivity contribution in [2.45, 2.75) is 12.2 Å². The van der Waals surface area contributed by atoms with Gasteiger partial charge in [0.2, 0.25) is 0 Å². The lowest BCUT2D eigenvalue weighted by molar-refractivity contribution is 0.131. The van der Waals surface area contributed by atoms with Gasteiger partial charge in [-0.2, -0.15) is 0 Å². The monoisotopic (exact) mass is 518 g/mol. The van der Waals surface area contributed by atoms with E-state index < -0.39 is 0 Å². The van der Waals surface area contributed by atoms with Gasteiger partial charge in [-0.25, -0.2) is 0 Å². The summed E-state index contributed by atoms with van der Waals surface area (Å²) < 4.78 is 24.5. The van der Waals surface area contributed by atoms with Gasteiger partial charge in [-0.15, -0.1) is 0 Å². The fourth-order valence-electron chi connectivity index (χ4n) is 4.89. The van der Waals surface area contributed by atoms with Gasteiger partial charge in [0.1, 0.15) is 36.9 Å². The van der Waals surface area contributed by atoms with Crippen molar-refractivity contribution in [2.75, 3.05) is 26.4 Å². The minimum absolute atomic E-state index is 0.258. The van der Waals surface area contributed by atoms with Crippen LogP contribution in [0.15, 0.2) is 85.0 Å². The molecule has 0 spiro atoms. The molecule has 3 aromatic carbocycles. The van der Waals surface area contributed by atoms with E-state index in [0.29, 0.717) is 36.5 Å². The molecule has 182 valence electrons. The summed E-state index contributed by atoms with van der Waals surface area (Å²) >= 11 is 12.7. The second kappa shape index (κ2) is 10.2. The maximum Gasteiger partial charge on any atom is 0.126 e. The number of hydrogen-bond donors (Lipinski definition) is 0. The summed E-state index contributed by atoms with van der Waals surface area (Å²) in [5.41, 5.74) is 6.22. The van der Waals surface area contributed by atoms with Crippen molar-refractivity contribution >= 4 is 34.3 Å². The predicted octanol–water partition coefficient (Wildman–Crippen LogP) is 7.63. The van der Waals surface area contributed by atoms with Crippen molar-refractivity contribution in [1.29, 1.82) is 0 Å². The molecular formula is C30H24Cl2O4. The quantitative estimate of drug-likeness (QED) is 0.286. The van der Waals surface area contributed by atoms with E-state index in [4.69, 9.17) is 42.1 Å². The average molecular weight is 519 g/mol. The van der Waals surface area contributed by atoms with Crippen LogP contribution in [0.25, 0.3) is 11.1 Å². The molecule has 0 aliphatic carbocycles. The smallest absolute Gasteiger partial charge is 0.126 e. The second-order valence-electron chi connectivity index (χ2n) is 8.78. The van der Waals surface area contributed by atoms with Gasteiger partial charge in [-0.3, -0.25) is 0 Å². The third kappa shape index (κ3) is 4.58.